The predicted octanol–water partition coefficient (Wildman–Crippen LogP) is 4.11. The number of epoxide rings is 2. The van der Waals surface area contributed by atoms with E-state index in [9.17, 15) is 0 Å². The fourth-order valence-electron chi connectivity index (χ4n) is 3.36. The van der Waals surface area contributed by atoms with Gasteiger partial charge in [-0.25, -0.2) is 0 Å². The molecule has 3 aromatic carbocycles. The van der Waals surface area contributed by atoms with E-state index in [0.29, 0.717) is 13.2 Å². The molecule has 4 heteroatoms. The minimum atomic E-state index is 0.223. The average Bonchev–Trinajstić information content (AvgIpc) is 3.59. The number of hydrogen-bond acceptors (Lipinski definition) is 4. The fourth-order valence-corrected chi connectivity index (χ4v) is 3.36. The van der Waals surface area contributed by atoms with E-state index in [0.717, 1.165) is 52.7 Å². The van der Waals surface area contributed by atoms with Gasteiger partial charge in [0.05, 0.1) is 13.2 Å². The third-order valence-electron chi connectivity index (χ3n) is 5.03. The van der Waals surface area contributed by atoms with Crippen molar-refractivity contribution in [2.24, 2.45) is 0 Å². The molecule has 3 aromatic rings. The Balaban J connectivity index is 1.70. The molecule has 2 saturated heterocycles. The molecule has 2 heterocycles. The summed E-state index contributed by atoms with van der Waals surface area (Å²) in [5.74, 6) is 1.85. The van der Waals surface area contributed by atoms with Gasteiger partial charge >= 0.3 is 0 Å². The summed E-state index contributed by atoms with van der Waals surface area (Å²) in [7, 11) is 0. The smallest absolute Gasteiger partial charge is 0.135 e. The molecule has 2 unspecified atom stereocenters. The Bertz CT molecular complexity index is 957. The minimum absolute atomic E-state index is 0.223. The Hall–Kier alpha value is -2.30. The van der Waals surface area contributed by atoms with Crippen LogP contribution < -0.4 is 9.47 Å². The van der Waals surface area contributed by atoms with Gasteiger partial charge in [-0.05, 0) is 18.1 Å². The quantitative estimate of drug-likeness (QED) is 0.475. The second kappa shape index (κ2) is 6.45. The highest BCUT2D eigenvalue weighted by Crippen LogP contribution is 2.43. The monoisotopic (exact) mass is 350 g/mol. The van der Waals surface area contributed by atoms with E-state index >= 15 is 0 Å². The minimum Gasteiger partial charge on any atom is -0.489 e. The number of benzene rings is 3. The van der Waals surface area contributed by atoms with E-state index in [2.05, 4.69) is 37.3 Å². The van der Waals surface area contributed by atoms with Crippen LogP contribution in [0, 0.1) is 0 Å². The number of rotatable bonds is 7. The van der Waals surface area contributed by atoms with Crippen LogP contribution in [0.3, 0.4) is 0 Å². The van der Waals surface area contributed by atoms with E-state index in [1.165, 1.54) is 5.56 Å². The Kier molecular flexibility index (Phi) is 3.95. The molecule has 4 nitrogen and oxygen atoms in total. The molecule has 2 fully saturated rings. The zero-order valence-electron chi connectivity index (χ0n) is 14.9. The van der Waals surface area contributed by atoms with Crippen LogP contribution in [0.25, 0.3) is 21.5 Å². The van der Waals surface area contributed by atoms with Crippen LogP contribution in [-0.2, 0) is 15.9 Å². The van der Waals surface area contributed by atoms with E-state index in [-0.39, 0.29) is 12.2 Å². The Labute approximate surface area is 152 Å². The van der Waals surface area contributed by atoms with Gasteiger partial charge in [0, 0.05) is 21.5 Å². The van der Waals surface area contributed by atoms with Crippen molar-refractivity contribution in [3.8, 4) is 11.5 Å². The van der Waals surface area contributed by atoms with Crippen LogP contribution in [-0.4, -0.2) is 38.6 Å². The summed E-state index contributed by atoms with van der Waals surface area (Å²) in [6.45, 7) is 4.93. The molecule has 2 aliphatic rings. The highest BCUT2D eigenvalue weighted by molar-refractivity contribution is 6.11. The van der Waals surface area contributed by atoms with Gasteiger partial charge in [0.1, 0.15) is 36.9 Å². The molecule has 0 spiro atoms. The van der Waals surface area contributed by atoms with Gasteiger partial charge in [0.15, 0.2) is 0 Å². The van der Waals surface area contributed by atoms with Crippen molar-refractivity contribution >= 4 is 21.5 Å². The molecule has 0 aliphatic carbocycles. The predicted molar refractivity (Wildman–Crippen MR) is 101 cm³/mol. The van der Waals surface area contributed by atoms with E-state index in [1.54, 1.807) is 0 Å². The van der Waals surface area contributed by atoms with Gasteiger partial charge in [-0.2, -0.15) is 0 Å². The van der Waals surface area contributed by atoms with Crippen LogP contribution in [0.5, 0.6) is 11.5 Å². The zero-order chi connectivity index (χ0) is 17.5. The average molecular weight is 350 g/mol. The topological polar surface area (TPSA) is 43.5 Å². The van der Waals surface area contributed by atoms with E-state index in [4.69, 9.17) is 18.9 Å². The Morgan fingerprint density at radius 1 is 0.808 bits per heavy atom. The van der Waals surface area contributed by atoms with Gasteiger partial charge in [0.25, 0.3) is 0 Å². The first-order chi connectivity index (χ1) is 12.8. The number of aryl methyl sites for hydroxylation is 1. The fraction of sp³-hybridized carbons (Fsp3) is 0.364. The molecule has 2 aliphatic heterocycles. The van der Waals surface area contributed by atoms with E-state index < -0.39 is 0 Å². The van der Waals surface area contributed by atoms with Crippen molar-refractivity contribution in [3.05, 3.63) is 48.0 Å². The van der Waals surface area contributed by atoms with Crippen LogP contribution >= 0.6 is 0 Å². The molecule has 0 aromatic heterocycles. The molecule has 0 bridgehead atoms. The molecule has 134 valence electrons. The van der Waals surface area contributed by atoms with Crippen molar-refractivity contribution < 1.29 is 18.9 Å². The Morgan fingerprint density at radius 3 is 1.88 bits per heavy atom. The molecular formula is C22H22O4. The summed E-state index contributed by atoms with van der Waals surface area (Å²) in [5.41, 5.74) is 1.29. The van der Waals surface area contributed by atoms with Gasteiger partial charge in [-0.1, -0.05) is 43.3 Å². The van der Waals surface area contributed by atoms with Crippen molar-refractivity contribution in [1.29, 1.82) is 0 Å². The first-order valence-electron chi connectivity index (χ1n) is 9.29. The number of fused-ring (bicyclic) bond motifs is 2. The molecule has 26 heavy (non-hydrogen) atoms. The zero-order valence-corrected chi connectivity index (χ0v) is 14.9. The largest absolute Gasteiger partial charge is 0.489 e. The second-order valence-electron chi connectivity index (χ2n) is 6.97. The molecule has 0 amide bonds. The third-order valence-corrected chi connectivity index (χ3v) is 5.03. The van der Waals surface area contributed by atoms with Crippen LogP contribution in [0.2, 0.25) is 0 Å². The number of ether oxygens (including phenoxy) is 4. The Morgan fingerprint density at radius 2 is 1.35 bits per heavy atom. The first-order valence-corrected chi connectivity index (χ1v) is 9.29. The van der Waals surface area contributed by atoms with Gasteiger partial charge < -0.3 is 18.9 Å². The summed E-state index contributed by atoms with van der Waals surface area (Å²) < 4.78 is 23.1. The van der Waals surface area contributed by atoms with Crippen molar-refractivity contribution in [2.45, 2.75) is 25.6 Å². The summed E-state index contributed by atoms with van der Waals surface area (Å²) in [5, 5.41) is 4.36. The lowest BCUT2D eigenvalue weighted by atomic mass is 9.98. The van der Waals surface area contributed by atoms with Gasteiger partial charge in [0.2, 0.25) is 0 Å². The highest BCUT2D eigenvalue weighted by Gasteiger charge is 2.26. The molecule has 0 N–H and O–H groups in total. The maximum absolute atomic E-state index is 6.24. The first kappa shape index (κ1) is 15.9. The van der Waals surface area contributed by atoms with Crippen LogP contribution in [0.1, 0.15) is 12.5 Å². The summed E-state index contributed by atoms with van der Waals surface area (Å²) in [6, 6.07) is 14.9. The van der Waals surface area contributed by atoms with Gasteiger partial charge in [-0.15, -0.1) is 0 Å². The summed E-state index contributed by atoms with van der Waals surface area (Å²) in [4.78, 5) is 0. The maximum atomic E-state index is 6.24. The SMILES string of the molecule is CCc1ccc2c(OCC3CO3)c3ccccc3c(OCC3CO3)c2c1. The standard InChI is InChI=1S/C22H22O4/c1-2-14-7-8-19-20(9-14)22(26-13-16-11-24-16)18-6-4-3-5-17(18)21(19)25-12-15-10-23-15/h3-9,15-16H,2,10-13H2,1H3. The molecule has 2 atom stereocenters. The van der Waals surface area contributed by atoms with Crippen molar-refractivity contribution in [3.63, 3.8) is 0 Å². The summed E-state index contributed by atoms with van der Waals surface area (Å²) >= 11 is 0. The molecule has 0 saturated carbocycles. The molecule has 0 radical (unpaired) electrons. The van der Waals surface area contributed by atoms with Crippen LogP contribution in [0.4, 0.5) is 0 Å². The second-order valence-corrected chi connectivity index (χ2v) is 6.97. The highest BCUT2D eigenvalue weighted by atomic mass is 16.6. The van der Waals surface area contributed by atoms with Crippen molar-refractivity contribution in [2.75, 3.05) is 26.4 Å². The third kappa shape index (κ3) is 3.00. The van der Waals surface area contributed by atoms with Crippen molar-refractivity contribution in [1.82, 2.24) is 0 Å². The lowest BCUT2D eigenvalue weighted by Crippen LogP contribution is -2.07. The number of hydrogen-bond donors (Lipinski definition) is 0. The lowest BCUT2D eigenvalue weighted by molar-refractivity contribution is 0.264. The summed E-state index contributed by atoms with van der Waals surface area (Å²) in [6.07, 6.45) is 1.43. The molecule has 5 rings (SSSR count). The van der Waals surface area contributed by atoms with Crippen LogP contribution in [0.15, 0.2) is 42.5 Å². The normalized spacial score (nSPS) is 21.1. The maximum Gasteiger partial charge on any atom is 0.135 e. The van der Waals surface area contributed by atoms with Gasteiger partial charge in [-0.3, -0.25) is 0 Å². The lowest BCUT2D eigenvalue weighted by Gasteiger charge is -2.18. The van der Waals surface area contributed by atoms with E-state index in [1.807, 2.05) is 12.1 Å². The molecular weight excluding hydrogens is 328 g/mol.